The van der Waals surface area contributed by atoms with Gasteiger partial charge in [-0.25, -0.2) is 0 Å². The first-order chi connectivity index (χ1) is 35.2. The number of rotatable bonds is 9. The zero-order chi connectivity index (χ0) is 46.8. The van der Waals surface area contributed by atoms with Gasteiger partial charge in [-0.05, 0) is 125 Å². The number of thiophene rings is 1. The molecule has 0 bridgehead atoms. The van der Waals surface area contributed by atoms with E-state index in [2.05, 4.69) is 263 Å². The maximum atomic E-state index is 6.40. The van der Waals surface area contributed by atoms with Crippen molar-refractivity contribution < 1.29 is 4.42 Å². The van der Waals surface area contributed by atoms with E-state index in [9.17, 15) is 0 Å². The van der Waals surface area contributed by atoms with E-state index < -0.39 is 0 Å². The summed E-state index contributed by atoms with van der Waals surface area (Å²) in [5.41, 5.74) is 16.4. The average Bonchev–Trinajstić information content (AvgIpc) is 4.12. The van der Waals surface area contributed by atoms with Crippen LogP contribution in [-0.4, -0.2) is 4.57 Å². The highest BCUT2D eigenvalue weighted by Gasteiger charge is 2.21. The molecule has 3 aromatic heterocycles. The number of hydrogen-bond donors (Lipinski definition) is 0. The second kappa shape index (κ2) is 16.8. The highest BCUT2D eigenvalue weighted by molar-refractivity contribution is 7.26. The van der Waals surface area contributed by atoms with Crippen LogP contribution in [0.15, 0.2) is 265 Å². The molecule has 0 unspecified atom stereocenters. The molecule has 0 fully saturated rings. The Bertz CT molecular complexity index is 4250. The van der Waals surface area contributed by atoms with Gasteiger partial charge in [0.1, 0.15) is 11.2 Å². The quantitative estimate of drug-likeness (QED) is 0.144. The molecule has 0 radical (unpaired) electrons. The van der Waals surface area contributed by atoms with Gasteiger partial charge in [0.25, 0.3) is 0 Å². The predicted octanol–water partition coefficient (Wildman–Crippen LogP) is 19.3. The van der Waals surface area contributed by atoms with Crippen molar-refractivity contribution in [3.05, 3.63) is 261 Å². The second-order valence-electron chi connectivity index (χ2n) is 18.1. The third kappa shape index (κ3) is 6.97. The Kier molecular flexibility index (Phi) is 9.68. The van der Waals surface area contributed by atoms with Crippen LogP contribution in [0.1, 0.15) is 0 Å². The lowest BCUT2D eigenvalue weighted by molar-refractivity contribution is 0.669. The molecule has 334 valence electrons. The fourth-order valence-electron chi connectivity index (χ4n) is 10.6. The van der Waals surface area contributed by atoms with Gasteiger partial charge >= 0.3 is 0 Å². The molecule has 71 heavy (non-hydrogen) atoms. The maximum Gasteiger partial charge on any atom is 0.137 e. The van der Waals surface area contributed by atoms with Crippen molar-refractivity contribution in [3.8, 4) is 27.9 Å². The summed E-state index contributed by atoms with van der Waals surface area (Å²) in [5, 5.41) is 7.30. The van der Waals surface area contributed by atoms with E-state index in [1.54, 1.807) is 0 Å². The number of anilines is 6. The van der Waals surface area contributed by atoms with Crippen LogP contribution >= 0.6 is 11.3 Å². The van der Waals surface area contributed by atoms with Gasteiger partial charge in [-0.2, -0.15) is 0 Å². The second-order valence-corrected chi connectivity index (χ2v) is 19.2. The van der Waals surface area contributed by atoms with Crippen molar-refractivity contribution in [3.63, 3.8) is 0 Å². The van der Waals surface area contributed by atoms with Crippen molar-refractivity contribution >= 4 is 109 Å². The van der Waals surface area contributed by atoms with Gasteiger partial charge in [0.15, 0.2) is 0 Å². The molecule has 11 aromatic carbocycles. The Labute approximate surface area is 414 Å². The Balaban J connectivity index is 0.837. The van der Waals surface area contributed by atoms with Crippen LogP contribution in [0, 0.1) is 0 Å². The maximum absolute atomic E-state index is 6.40. The normalized spacial score (nSPS) is 11.7. The first-order valence-electron chi connectivity index (χ1n) is 24.1. The summed E-state index contributed by atoms with van der Waals surface area (Å²) in [7, 11) is 0. The smallest absolute Gasteiger partial charge is 0.137 e. The van der Waals surface area contributed by atoms with Gasteiger partial charge < -0.3 is 18.8 Å². The summed E-state index contributed by atoms with van der Waals surface area (Å²) >= 11 is 1.88. The van der Waals surface area contributed by atoms with Crippen molar-refractivity contribution in [2.75, 3.05) is 9.80 Å². The van der Waals surface area contributed by atoms with Crippen LogP contribution in [0.25, 0.3) is 91.9 Å². The molecule has 0 aliphatic rings. The molecule has 0 atom stereocenters. The summed E-state index contributed by atoms with van der Waals surface area (Å²) in [4.78, 5) is 4.68. The first-order valence-corrected chi connectivity index (χ1v) is 24.9. The largest absolute Gasteiger partial charge is 0.456 e. The van der Waals surface area contributed by atoms with E-state index in [1.165, 1.54) is 53.1 Å². The topological polar surface area (TPSA) is 24.6 Å². The zero-order valence-corrected chi connectivity index (χ0v) is 39.3. The number of para-hydroxylation sites is 3. The summed E-state index contributed by atoms with van der Waals surface area (Å²) in [6.45, 7) is 0. The molecule has 4 nitrogen and oxygen atoms in total. The molecule has 0 saturated heterocycles. The molecule has 0 N–H and O–H groups in total. The van der Waals surface area contributed by atoms with Crippen molar-refractivity contribution in [2.45, 2.75) is 0 Å². The molecule has 0 aliphatic carbocycles. The number of aromatic nitrogens is 1. The molecule has 0 spiro atoms. The number of furan rings is 1. The van der Waals surface area contributed by atoms with Gasteiger partial charge in [-0.15, -0.1) is 11.3 Å². The number of benzene rings is 11. The third-order valence-electron chi connectivity index (χ3n) is 14.0. The van der Waals surface area contributed by atoms with Crippen LogP contribution in [0.2, 0.25) is 0 Å². The SMILES string of the molecule is c1ccc(-c2ccc(N(c3ccc(-c4ccc(N(c5ccccc5)c5ccc6c(c5)c5ccc7c8ccccc8sc7c5n6-c5ccccc5)cc4)cc3)c3ccc4c(c3)oc3ccccc34)cc2)cc1. The van der Waals surface area contributed by atoms with Crippen LogP contribution < -0.4 is 9.80 Å². The van der Waals surface area contributed by atoms with Crippen molar-refractivity contribution in [2.24, 2.45) is 0 Å². The minimum atomic E-state index is 0.864. The molecular formula is C66H43N3OS. The number of nitrogens with zero attached hydrogens (tertiary/aromatic N) is 3. The fourth-order valence-corrected chi connectivity index (χ4v) is 11.9. The van der Waals surface area contributed by atoms with Gasteiger partial charge in [0, 0.05) is 82.9 Å². The molecule has 0 saturated carbocycles. The third-order valence-corrected chi connectivity index (χ3v) is 15.2. The Morgan fingerprint density at radius 1 is 0.310 bits per heavy atom. The molecular weight excluding hydrogens is 883 g/mol. The predicted molar refractivity (Wildman–Crippen MR) is 301 cm³/mol. The lowest BCUT2D eigenvalue weighted by Gasteiger charge is -2.26. The number of fused-ring (bicyclic) bond motifs is 10. The average molecular weight is 926 g/mol. The van der Waals surface area contributed by atoms with Crippen LogP contribution in [0.4, 0.5) is 34.1 Å². The minimum Gasteiger partial charge on any atom is -0.456 e. The summed E-state index contributed by atoms with van der Waals surface area (Å²) in [6, 6.07) is 93.9. The summed E-state index contributed by atoms with van der Waals surface area (Å²) in [5.74, 6) is 0. The van der Waals surface area contributed by atoms with Gasteiger partial charge in [0.05, 0.1) is 15.7 Å². The fraction of sp³-hybridized carbons (Fsp3) is 0. The first kappa shape index (κ1) is 40.9. The minimum absolute atomic E-state index is 0.864. The number of hydrogen-bond acceptors (Lipinski definition) is 4. The molecule has 14 rings (SSSR count). The molecule has 5 heteroatoms. The van der Waals surface area contributed by atoms with Crippen LogP contribution in [0.3, 0.4) is 0 Å². The highest BCUT2D eigenvalue weighted by Crippen LogP contribution is 2.46. The molecule has 3 heterocycles. The zero-order valence-electron chi connectivity index (χ0n) is 38.5. The van der Waals surface area contributed by atoms with Gasteiger partial charge in [0.2, 0.25) is 0 Å². The highest BCUT2D eigenvalue weighted by atomic mass is 32.1. The van der Waals surface area contributed by atoms with Crippen LogP contribution in [0.5, 0.6) is 0 Å². The van der Waals surface area contributed by atoms with E-state index in [0.29, 0.717) is 0 Å². The van der Waals surface area contributed by atoms with Gasteiger partial charge in [-0.1, -0.05) is 152 Å². The standard InChI is InChI=1S/C66H43N3OS/c1-4-14-44(15-5-1)45-24-30-51(31-25-45)68(54-36-38-56-55-20-10-12-22-62(55)70-63(56)43-54)52-34-28-47(29-35-52)46-26-32-50(33-27-46)67(48-16-6-2-7-17-48)53-37-41-61-60(42-53)58-39-40-59-57-21-11-13-23-64(57)71-66(59)65(58)69(61)49-18-8-3-9-19-49/h1-43H. The Morgan fingerprint density at radius 3 is 1.44 bits per heavy atom. The monoisotopic (exact) mass is 925 g/mol. The van der Waals surface area contributed by atoms with Gasteiger partial charge in [-0.3, -0.25) is 0 Å². The molecule has 0 aliphatic heterocycles. The van der Waals surface area contributed by atoms with E-state index >= 15 is 0 Å². The van der Waals surface area contributed by atoms with Crippen molar-refractivity contribution in [1.82, 2.24) is 4.57 Å². The molecule has 14 aromatic rings. The van der Waals surface area contributed by atoms with E-state index in [4.69, 9.17) is 4.42 Å². The molecule has 0 amide bonds. The summed E-state index contributed by atoms with van der Waals surface area (Å²) in [6.07, 6.45) is 0. The Hall–Kier alpha value is -9.16. The van der Waals surface area contributed by atoms with Crippen molar-refractivity contribution in [1.29, 1.82) is 0 Å². The lowest BCUT2D eigenvalue weighted by Crippen LogP contribution is -2.10. The summed E-state index contributed by atoms with van der Waals surface area (Å²) < 4.78 is 11.5. The van der Waals surface area contributed by atoms with E-state index in [-0.39, 0.29) is 0 Å². The Morgan fingerprint density at radius 2 is 0.775 bits per heavy atom. The van der Waals surface area contributed by atoms with E-state index in [0.717, 1.165) is 72.9 Å². The lowest BCUT2D eigenvalue weighted by atomic mass is 10.0. The van der Waals surface area contributed by atoms with E-state index in [1.807, 2.05) is 23.5 Å². The van der Waals surface area contributed by atoms with Crippen LogP contribution in [-0.2, 0) is 0 Å².